The number of hydrogen-bond acceptors (Lipinski definition) is 3. The number of ether oxygens (including phenoxy) is 1. The molecule has 5 nitrogen and oxygen atoms in total. The Kier molecular flexibility index (Phi) is 5.80. The van der Waals surface area contributed by atoms with E-state index in [1.807, 2.05) is 4.90 Å². The maximum atomic E-state index is 11.9. The lowest BCUT2D eigenvalue weighted by molar-refractivity contribution is -0.133. The van der Waals surface area contributed by atoms with Gasteiger partial charge in [0.05, 0.1) is 6.61 Å². The average molecular weight is 242 g/mol. The van der Waals surface area contributed by atoms with Gasteiger partial charge in [-0.1, -0.05) is 6.92 Å². The van der Waals surface area contributed by atoms with Gasteiger partial charge >= 0.3 is 6.09 Å². The molecule has 1 fully saturated rings. The Morgan fingerprint density at radius 1 is 1.35 bits per heavy atom. The molecule has 0 aromatic carbocycles. The predicted octanol–water partition coefficient (Wildman–Crippen LogP) is 1.52. The van der Waals surface area contributed by atoms with Crippen molar-refractivity contribution in [1.29, 1.82) is 0 Å². The largest absolute Gasteiger partial charge is 0.450 e. The summed E-state index contributed by atoms with van der Waals surface area (Å²) in [5.74, 6) is -0.00963. The minimum atomic E-state index is -0.522. The van der Waals surface area contributed by atoms with Gasteiger partial charge in [0.2, 0.25) is 5.91 Å². The Balaban J connectivity index is 2.37. The summed E-state index contributed by atoms with van der Waals surface area (Å²) in [5.41, 5.74) is 0. The fourth-order valence-corrected chi connectivity index (χ4v) is 2.18. The van der Waals surface area contributed by atoms with Crippen LogP contribution in [0.3, 0.4) is 0 Å². The fourth-order valence-electron chi connectivity index (χ4n) is 2.18. The summed E-state index contributed by atoms with van der Waals surface area (Å²) >= 11 is 0. The van der Waals surface area contributed by atoms with Crippen LogP contribution in [0.25, 0.3) is 0 Å². The molecule has 1 aliphatic rings. The summed E-state index contributed by atoms with van der Waals surface area (Å²) in [6.07, 6.45) is 3.77. The van der Waals surface area contributed by atoms with E-state index in [1.54, 1.807) is 6.92 Å². The summed E-state index contributed by atoms with van der Waals surface area (Å²) in [6.45, 7) is 4.99. The molecule has 1 N–H and O–H groups in total. The van der Waals surface area contributed by atoms with E-state index in [0.717, 1.165) is 25.8 Å². The molecule has 1 atom stereocenters. The maximum absolute atomic E-state index is 11.9. The van der Waals surface area contributed by atoms with Gasteiger partial charge in [0.1, 0.15) is 6.54 Å². The van der Waals surface area contributed by atoms with Crippen LogP contribution in [0.15, 0.2) is 0 Å². The van der Waals surface area contributed by atoms with Crippen molar-refractivity contribution in [1.82, 2.24) is 10.2 Å². The molecule has 0 bridgehead atoms. The third-order valence-corrected chi connectivity index (χ3v) is 3.08. The van der Waals surface area contributed by atoms with Gasteiger partial charge in [0, 0.05) is 12.6 Å². The van der Waals surface area contributed by atoms with Crippen LogP contribution in [-0.4, -0.2) is 42.6 Å². The lowest BCUT2D eigenvalue weighted by Gasteiger charge is -2.35. The molecule has 1 unspecified atom stereocenters. The number of alkyl carbamates (subject to hydrolysis) is 1. The second-order valence-corrected chi connectivity index (χ2v) is 4.22. The second kappa shape index (κ2) is 7.14. The number of likely N-dealkylation sites (tertiary alicyclic amines) is 1. The monoisotopic (exact) mass is 242 g/mol. The molecule has 0 aliphatic carbocycles. The van der Waals surface area contributed by atoms with E-state index in [4.69, 9.17) is 4.74 Å². The predicted molar refractivity (Wildman–Crippen MR) is 64.7 cm³/mol. The van der Waals surface area contributed by atoms with E-state index < -0.39 is 6.09 Å². The van der Waals surface area contributed by atoms with Gasteiger partial charge in [0.25, 0.3) is 0 Å². The zero-order valence-electron chi connectivity index (χ0n) is 10.7. The third-order valence-electron chi connectivity index (χ3n) is 3.08. The number of rotatable bonds is 4. The first-order valence-electron chi connectivity index (χ1n) is 6.39. The molecule has 1 rings (SSSR count). The smallest absolute Gasteiger partial charge is 0.407 e. The Hall–Kier alpha value is -1.26. The Morgan fingerprint density at radius 3 is 2.76 bits per heavy atom. The third kappa shape index (κ3) is 4.24. The van der Waals surface area contributed by atoms with Gasteiger partial charge in [-0.3, -0.25) is 4.79 Å². The second-order valence-electron chi connectivity index (χ2n) is 4.22. The lowest BCUT2D eigenvalue weighted by atomic mass is 10.00. The molecule has 0 saturated carbocycles. The molecule has 98 valence electrons. The van der Waals surface area contributed by atoms with Gasteiger partial charge < -0.3 is 15.0 Å². The van der Waals surface area contributed by atoms with Crippen LogP contribution in [0, 0.1) is 0 Å². The SMILES string of the molecule is CCOC(=O)NCC(=O)N1CCCCC1CC. The van der Waals surface area contributed by atoms with Crippen LogP contribution in [0.1, 0.15) is 39.5 Å². The maximum Gasteiger partial charge on any atom is 0.407 e. The minimum absolute atomic E-state index is 0.00963. The molecular formula is C12H22N2O3. The highest BCUT2D eigenvalue weighted by molar-refractivity contribution is 5.82. The standard InChI is InChI=1S/C12H22N2O3/c1-3-10-7-5-6-8-14(10)11(15)9-13-12(16)17-4-2/h10H,3-9H2,1-2H3,(H,13,16). The summed E-state index contributed by atoms with van der Waals surface area (Å²) in [6, 6.07) is 0.334. The van der Waals surface area contributed by atoms with Crippen LogP contribution in [0.5, 0.6) is 0 Å². The number of carbonyl (C=O) groups excluding carboxylic acids is 2. The van der Waals surface area contributed by atoms with Crippen LogP contribution < -0.4 is 5.32 Å². The number of nitrogens with one attached hydrogen (secondary N) is 1. The van der Waals surface area contributed by atoms with Gasteiger partial charge in [-0.05, 0) is 32.6 Å². The lowest BCUT2D eigenvalue weighted by Crippen LogP contribution is -2.47. The normalized spacial score (nSPS) is 19.9. The highest BCUT2D eigenvalue weighted by Gasteiger charge is 2.25. The molecule has 1 saturated heterocycles. The highest BCUT2D eigenvalue weighted by atomic mass is 16.5. The molecule has 5 heteroatoms. The average Bonchev–Trinajstić information content (AvgIpc) is 2.36. The van der Waals surface area contributed by atoms with E-state index >= 15 is 0 Å². The number of carbonyl (C=O) groups is 2. The van der Waals surface area contributed by atoms with Crippen molar-refractivity contribution in [2.75, 3.05) is 19.7 Å². The Labute approximate surface area is 102 Å². The zero-order valence-corrected chi connectivity index (χ0v) is 10.7. The molecule has 1 aliphatic heterocycles. The molecule has 0 spiro atoms. The minimum Gasteiger partial charge on any atom is -0.450 e. The molecule has 2 amide bonds. The van der Waals surface area contributed by atoms with E-state index in [9.17, 15) is 9.59 Å². The van der Waals surface area contributed by atoms with Gasteiger partial charge in [-0.15, -0.1) is 0 Å². The first kappa shape index (κ1) is 13.8. The number of nitrogens with zero attached hydrogens (tertiary/aromatic N) is 1. The van der Waals surface area contributed by atoms with Crippen molar-refractivity contribution in [3.8, 4) is 0 Å². The van der Waals surface area contributed by atoms with Crippen molar-refractivity contribution >= 4 is 12.0 Å². The van der Waals surface area contributed by atoms with Crippen molar-refractivity contribution in [3.05, 3.63) is 0 Å². The van der Waals surface area contributed by atoms with Crippen LogP contribution >= 0.6 is 0 Å². The Morgan fingerprint density at radius 2 is 2.12 bits per heavy atom. The fraction of sp³-hybridized carbons (Fsp3) is 0.833. The summed E-state index contributed by atoms with van der Waals surface area (Å²) < 4.78 is 4.71. The molecule has 0 aromatic rings. The summed E-state index contributed by atoms with van der Waals surface area (Å²) in [7, 11) is 0. The molecule has 17 heavy (non-hydrogen) atoms. The van der Waals surface area contributed by atoms with Crippen LogP contribution in [0.4, 0.5) is 4.79 Å². The topological polar surface area (TPSA) is 58.6 Å². The van der Waals surface area contributed by atoms with Gasteiger partial charge in [-0.2, -0.15) is 0 Å². The van der Waals surface area contributed by atoms with Crippen LogP contribution in [0.2, 0.25) is 0 Å². The molecular weight excluding hydrogens is 220 g/mol. The highest BCUT2D eigenvalue weighted by Crippen LogP contribution is 2.19. The van der Waals surface area contributed by atoms with Crippen molar-refractivity contribution in [2.45, 2.75) is 45.6 Å². The van der Waals surface area contributed by atoms with E-state index in [-0.39, 0.29) is 12.5 Å². The van der Waals surface area contributed by atoms with E-state index in [0.29, 0.717) is 12.6 Å². The van der Waals surface area contributed by atoms with Crippen molar-refractivity contribution in [3.63, 3.8) is 0 Å². The number of hydrogen-bond donors (Lipinski definition) is 1. The molecule has 1 heterocycles. The van der Waals surface area contributed by atoms with Crippen molar-refractivity contribution in [2.24, 2.45) is 0 Å². The molecule has 0 aromatic heterocycles. The summed E-state index contributed by atoms with van der Waals surface area (Å²) in [5, 5.41) is 2.47. The quantitative estimate of drug-likeness (QED) is 0.813. The van der Waals surface area contributed by atoms with Crippen molar-refractivity contribution < 1.29 is 14.3 Å². The molecule has 0 radical (unpaired) electrons. The number of piperidine rings is 1. The van der Waals surface area contributed by atoms with Gasteiger partial charge in [0.15, 0.2) is 0 Å². The van der Waals surface area contributed by atoms with E-state index in [2.05, 4.69) is 12.2 Å². The van der Waals surface area contributed by atoms with Gasteiger partial charge in [-0.25, -0.2) is 4.79 Å². The first-order valence-corrected chi connectivity index (χ1v) is 6.39. The zero-order chi connectivity index (χ0) is 12.7. The number of amides is 2. The van der Waals surface area contributed by atoms with E-state index in [1.165, 1.54) is 6.42 Å². The van der Waals surface area contributed by atoms with Crippen LogP contribution in [-0.2, 0) is 9.53 Å². The summed E-state index contributed by atoms with van der Waals surface area (Å²) in [4.78, 5) is 24.9. The Bertz CT molecular complexity index is 268. The first-order chi connectivity index (χ1) is 8.19.